The molecule has 0 bridgehead atoms. The van der Waals surface area contributed by atoms with E-state index in [1.807, 2.05) is 6.92 Å². The first-order valence-electron chi connectivity index (χ1n) is 8.12. The number of carbonyl (C=O) groups excluding carboxylic acids is 1. The van der Waals surface area contributed by atoms with Gasteiger partial charge in [0.25, 0.3) is 0 Å². The Morgan fingerprint density at radius 1 is 1.19 bits per heavy atom. The van der Waals surface area contributed by atoms with Crippen LogP contribution in [0.3, 0.4) is 0 Å². The third-order valence-corrected chi connectivity index (χ3v) is 4.35. The summed E-state index contributed by atoms with van der Waals surface area (Å²) in [5, 5.41) is 9.59. The van der Waals surface area contributed by atoms with E-state index in [1.54, 1.807) is 37.4 Å². The van der Waals surface area contributed by atoms with Crippen molar-refractivity contribution in [2.75, 3.05) is 21.0 Å². The SMILES string of the molecule is COc1ccc(C(=O)CC(C#N)c2cc(OC)c3c(c2)OCO3)cc1C. The minimum atomic E-state index is -0.617. The Hall–Kier alpha value is -3.20. The van der Waals surface area contributed by atoms with Gasteiger partial charge in [-0.05, 0) is 48.4 Å². The number of aryl methyl sites for hydroxylation is 1. The number of nitriles is 1. The lowest BCUT2D eigenvalue weighted by Crippen LogP contribution is -2.07. The van der Waals surface area contributed by atoms with Crippen molar-refractivity contribution in [2.45, 2.75) is 19.3 Å². The molecule has 0 N–H and O–H groups in total. The van der Waals surface area contributed by atoms with Crippen LogP contribution < -0.4 is 18.9 Å². The van der Waals surface area contributed by atoms with Crippen molar-refractivity contribution in [3.8, 4) is 29.1 Å². The Kier molecular flexibility index (Phi) is 4.99. The highest BCUT2D eigenvalue weighted by Crippen LogP contribution is 2.43. The van der Waals surface area contributed by atoms with Gasteiger partial charge >= 0.3 is 0 Å². The summed E-state index contributed by atoms with van der Waals surface area (Å²) in [5.74, 6) is 1.52. The Labute approximate surface area is 151 Å². The molecule has 0 saturated heterocycles. The van der Waals surface area contributed by atoms with E-state index >= 15 is 0 Å². The molecule has 2 aromatic rings. The maximum Gasteiger partial charge on any atom is 0.231 e. The van der Waals surface area contributed by atoms with Gasteiger partial charge in [-0.15, -0.1) is 0 Å². The number of hydrogen-bond acceptors (Lipinski definition) is 6. The largest absolute Gasteiger partial charge is 0.496 e. The van der Waals surface area contributed by atoms with Crippen LogP contribution in [0.5, 0.6) is 23.0 Å². The molecule has 1 unspecified atom stereocenters. The molecule has 0 radical (unpaired) electrons. The van der Waals surface area contributed by atoms with Crippen LogP contribution in [-0.4, -0.2) is 26.8 Å². The van der Waals surface area contributed by atoms with Gasteiger partial charge in [-0.25, -0.2) is 0 Å². The first-order chi connectivity index (χ1) is 12.6. The Morgan fingerprint density at radius 2 is 1.96 bits per heavy atom. The second-order valence-electron chi connectivity index (χ2n) is 5.95. The van der Waals surface area contributed by atoms with Gasteiger partial charge < -0.3 is 18.9 Å². The number of methoxy groups -OCH3 is 2. The van der Waals surface area contributed by atoms with E-state index in [0.717, 1.165) is 11.3 Å². The average Bonchev–Trinajstić information content (AvgIpc) is 3.13. The predicted molar refractivity (Wildman–Crippen MR) is 94.1 cm³/mol. The number of hydrogen-bond donors (Lipinski definition) is 0. The molecule has 2 aromatic carbocycles. The molecule has 0 aliphatic carbocycles. The predicted octanol–water partition coefficient (Wildman–Crippen LogP) is 3.62. The van der Waals surface area contributed by atoms with Crippen LogP contribution in [0, 0.1) is 18.3 Å². The number of ether oxygens (including phenoxy) is 4. The van der Waals surface area contributed by atoms with Gasteiger partial charge in [-0.3, -0.25) is 4.79 Å². The maximum atomic E-state index is 12.6. The Bertz CT molecular complexity index is 885. The lowest BCUT2D eigenvalue weighted by atomic mass is 9.92. The van der Waals surface area contributed by atoms with E-state index in [4.69, 9.17) is 18.9 Å². The first-order valence-corrected chi connectivity index (χ1v) is 8.12. The molecule has 1 heterocycles. The summed E-state index contributed by atoms with van der Waals surface area (Å²) in [7, 11) is 3.11. The van der Waals surface area contributed by atoms with Crippen LogP contribution in [0.4, 0.5) is 0 Å². The minimum Gasteiger partial charge on any atom is -0.496 e. The minimum absolute atomic E-state index is 0.0606. The quantitative estimate of drug-likeness (QED) is 0.738. The van der Waals surface area contributed by atoms with Gasteiger partial charge in [0.15, 0.2) is 17.3 Å². The molecule has 0 fully saturated rings. The van der Waals surface area contributed by atoms with Gasteiger partial charge in [-0.2, -0.15) is 5.26 Å². The second kappa shape index (κ2) is 7.36. The first kappa shape index (κ1) is 17.6. The second-order valence-corrected chi connectivity index (χ2v) is 5.95. The Balaban J connectivity index is 1.85. The number of Topliss-reactive ketones (excluding diaryl/α,β-unsaturated/α-hetero) is 1. The fourth-order valence-electron chi connectivity index (χ4n) is 2.94. The van der Waals surface area contributed by atoms with Crippen molar-refractivity contribution in [1.29, 1.82) is 5.26 Å². The molecular formula is C20H19NO5. The van der Waals surface area contributed by atoms with Crippen LogP contribution in [-0.2, 0) is 0 Å². The summed E-state index contributed by atoms with van der Waals surface area (Å²) in [5.41, 5.74) is 2.08. The van der Waals surface area contributed by atoms with Crippen molar-refractivity contribution in [2.24, 2.45) is 0 Å². The van der Waals surface area contributed by atoms with Crippen LogP contribution in [0.25, 0.3) is 0 Å². The van der Waals surface area contributed by atoms with Gasteiger partial charge in [0, 0.05) is 12.0 Å². The molecule has 26 heavy (non-hydrogen) atoms. The topological polar surface area (TPSA) is 77.8 Å². The molecule has 6 heteroatoms. The van der Waals surface area contributed by atoms with E-state index in [0.29, 0.717) is 28.4 Å². The molecule has 0 amide bonds. The van der Waals surface area contributed by atoms with Crippen LogP contribution in [0.2, 0.25) is 0 Å². The number of rotatable bonds is 6. The van der Waals surface area contributed by atoms with Crippen molar-refractivity contribution in [3.05, 3.63) is 47.0 Å². The fraction of sp³-hybridized carbons (Fsp3) is 0.300. The highest BCUT2D eigenvalue weighted by Gasteiger charge is 2.25. The van der Waals surface area contributed by atoms with E-state index < -0.39 is 5.92 Å². The standard InChI is InChI=1S/C20H19NO5/c1-12-6-13(4-5-17(12)23-2)16(22)7-15(10-21)14-8-18(24-3)20-19(9-14)25-11-26-20/h4-6,8-9,15H,7,11H2,1-3H3. The van der Waals surface area contributed by atoms with Crippen LogP contribution in [0.1, 0.15) is 33.8 Å². The fourth-order valence-corrected chi connectivity index (χ4v) is 2.94. The van der Waals surface area contributed by atoms with Crippen molar-refractivity contribution in [3.63, 3.8) is 0 Å². The van der Waals surface area contributed by atoms with Gasteiger partial charge in [0.05, 0.1) is 26.2 Å². The number of ketones is 1. The third-order valence-electron chi connectivity index (χ3n) is 4.35. The summed E-state index contributed by atoms with van der Waals surface area (Å²) in [6.45, 7) is 1.98. The molecular weight excluding hydrogens is 334 g/mol. The van der Waals surface area contributed by atoms with E-state index in [1.165, 1.54) is 7.11 Å². The van der Waals surface area contributed by atoms with Crippen LogP contribution >= 0.6 is 0 Å². The molecule has 1 atom stereocenters. The number of fused-ring (bicyclic) bond motifs is 1. The average molecular weight is 353 g/mol. The number of nitrogens with zero attached hydrogens (tertiary/aromatic N) is 1. The van der Waals surface area contributed by atoms with E-state index in [9.17, 15) is 10.1 Å². The zero-order chi connectivity index (χ0) is 18.7. The van der Waals surface area contributed by atoms with Gasteiger partial charge in [0.1, 0.15) is 5.75 Å². The maximum absolute atomic E-state index is 12.6. The zero-order valence-electron chi connectivity index (χ0n) is 14.9. The highest BCUT2D eigenvalue weighted by molar-refractivity contribution is 5.97. The van der Waals surface area contributed by atoms with Gasteiger partial charge in [-0.1, -0.05) is 0 Å². The van der Waals surface area contributed by atoms with Crippen molar-refractivity contribution < 1.29 is 23.7 Å². The lowest BCUT2D eigenvalue weighted by Gasteiger charge is -2.13. The molecule has 3 rings (SSSR count). The number of benzene rings is 2. The smallest absolute Gasteiger partial charge is 0.231 e. The van der Waals surface area contributed by atoms with E-state index in [2.05, 4.69) is 6.07 Å². The molecule has 6 nitrogen and oxygen atoms in total. The summed E-state index contributed by atoms with van der Waals surface area (Å²) < 4.78 is 21.3. The highest BCUT2D eigenvalue weighted by atomic mass is 16.7. The summed E-state index contributed by atoms with van der Waals surface area (Å²) in [6.07, 6.45) is 0.0606. The molecule has 0 saturated carbocycles. The Morgan fingerprint density at radius 3 is 2.62 bits per heavy atom. The molecule has 0 spiro atoms. The zero-order valence-corrected chi connectivity index (χ0v) is 14.9. The summed E-state index contributed by atoms with van der Waals surface area (Å²) >= 11 is 0. The number of carbonyl (C=O) groups is 1. The normalized spacial score (nSPS) is 13.0. The molecule has 1 aliphatic heterocycles. The van der Waals surface area contributed by atoms with Crippen molar-refractivity contribution >= 4 is 5.78 Å². The summed E-state index contributed by atoms with van der Waals surface area (Å²) in [4.78, 5) is 12.6. The molecule has 0 aromatic heterocycles. The monoisotopic (exact) mass is 353 g/mol. The molecule has 134 valence electrons. The van der Waals surface area contributed by atoms with Crippen LogP contribution in [0.15, 0.2) is 30.3 Å². The van der Waals surface area contributed by atoms with E-state index in [-0.39, 0.29) is 19.0 Å². The third kappa shape index (κ3) is 3.29. The van der Waals surface area contributed by atoms with Crippen molar-refractivity contribution in [1.82, 2.24) is 0 Å². The van der Waals surface area contributed by atoms with Gasteiger partial charge in [0.2, 0.25) is 12.5 Å². The summed E-state index contributed by atoms with van der Waals surface area (Å²) in [6, 6.07) is 10.9. The molecule has 1 aliphatic rings. The lowest BCUT2D eigenvalue weighted by molar-refractivity contribution is 0.0979.